The molecule has 0 unspecified atom stereocenters. The maximum atomic E-state index is 12.8. The van der Waals surface area contributed by atoms with E-state index in [9.17, 15) is 14.4 Å². The van der Waals surface area contributed by atoms with Crippen LogP contribution in [0.2, 0.25) is 0 Å². The topological polar surface area (TPSA) is 78.9 Å². The van der Waals surface area contributed by atoms with Crippen LogP contribution in [0, 0.1) is 5.92 Å². The van der Waals surface area contributed by atoms with E-state index in [-0.39, 0.29) is 31.1 Å². The molecule has 0 bridgehead atoms. The molecule has 0 aliphatic rings. The van der Waals surface area contributed by atoms with Gasteiger partial charge in [-0.2, -0.15) is 0 Å². The minimum Gasteiger partial charge on any atom is -0.462 e. The first kappa shape index (κ1) is 60.4. The van der Waals surface area contributed by atoms with Crippen LogP contribution in [-0.2, 0) is 28.6 Å². The first-order chi connectivity index (χ1) is 30.4. The Labute approximate surface area is 387 Å². The second kappa shape index (κ2) is 50.4. The van der Waals surface area contributed by atoms with Crippen molar-refractivity contribution in [1.29, 1.82) is 0 Å². The normalized spacial score (nSPS) is 12.0. The average molecular weight is 877 g/mol. The first-order valence-electron chi connectivity index (χ1n) is 27.9. The zero-order valence-electron chi connectivity index (χ0n) is 42.3. The Balaban J connectivity index is 4.29. The van der Waals surface area contributed by atoms with E-state index in [4.69, 9.17) is 14.2 Å². The summed E-state index contributed by atoms with van der Waals surface area (Å²) in [6.07, 6.45) is 53.7. The molecule has 0 rings (SSSR count). The maximum absolute atomic E-state index is 12.8. The van der Waals surface area contributed by atoms with Crippen molar-refractivity contribution in [1.82, 2.24) is 0 Å². The summed E-state index contributed by atoms with van der Waals surface area (Å²) in [5, 5.41) is 0. The zero-order chi connectivity index (χ0) is 45.2. The molecule has 0 aromatic rings. The highest BCUT2D eigenvalue weighted by Crippen LogP contribution is 2.18. The van der Waals surface area contributed by atoms with Crippen LogP contribution in [0.4, 0.5) is 0 Å². The molecular formula is C56H108O6. The van der Waals surface area contributed by atoms with E-state index in [0.29, 0.717) is 19.3 Å². The lowest BCUT2D eigenvalue weighted by atomic mass is 10.0. The van der Waals surface area contributed by atoms with E-state index in [2.05, 4.69) is 27.7 Å². The molecule has 0 aromatic carbocycles. The molecule has 0 spiro atoms. The summed E-state index contributed by atoms with van der Waals surface area (Å²) >= 11 is 0. The Hall–Kier alpha value is -1.59. The van der Waals surface area contributed by atoms with Gasteiger partial charge in [0, 0.05) is 19.3 Å². The molecule has 0 heterocycles. The number of hydrogen-bond acceptors (Lipinski definition) is 6. The second-order valence-corrected chi connectivity index (χ2v) is 19.7. The molecule has 6 heteroatoms. The van der Waals surface area contributed by atoms with Gasteiger partial charge >= 0.3 is 17.9 Å². The molecule has 1 atom stereocenters. The Bertz CT molecular complexity index is 933. The van der Waals surface area contributed by atoms with Crippen molar-refractivity contribution in [2.75, 3.05) is 13.2 Å². The summed E-state index contributed by atoms with van der Waals surface area (Å²) in [6, 6.07) is 0. The van der Waals surface area contributed by atoms with E-state index in [0.717, 1.165) is 63.7 Å². The van der Waals surface area contributed by atoms with Crippen molar-refractivity contribution >= 4 is 17.9 Å². The fraction of sp³-hybridized carbons (Fsp3) is 0.946. The van der Waals surface area contributed by atoms with Gasteiger partial charge in [0.05, 0.1) is 0 Å². The average Bonchev–Trinajstić information content (AvgIpc) is 3.26. The number of hydrogen-bond donors (Lipinski definition) is 0. The molecule has 0 saturated heterocycles. The molecule has 0 aliphatic heterocycles. The predicted molar refractivity (Wildman–Crippen MR) is 266 cm³/mol. The molecule has 0 aliphatic carbocycles. The first-order valence-corrected chi connectivity index (χ1v) is 27.9. The van der Waals surface area contributed by atoms with Gasteiger partial charge in [-0.05, 0) is 25.2 Å². The molecule has 0 N–H and O–H groups in total. The van der Waals surface area contributed by atoms with Gasteiger partial charge in [-0.3, -0.25) is 14.4 Å². The van der Waals surface area contributed by atoms with Crippen LogP contribution in [0.3, 0.4) is 0 Å². The lowest BCUT2D eigenvalue weighted by Crippen LogP contribution is -2.30. The highest BCUT2D eigenvalue weighted by molar-refractivity contribution is 5.71. The van der Waals surface area contributed by atoms with E-state index in [1.165, 1.54) is 212 Å². The molecule has 0 amide bonds. The van der Waals surface area contributed by atoms with Crippen molar-refractivity contribution in [2.45, 2.75) is 323 Å². The molecule has 6 nitrogen and oxygen atoms in total. The smallest absolute Gasteiger partial charge is 0.306 e. The number of carbonyl (C=O) groups excluding carboxylic acids is 3. The summed E-state index contributed by atoms with van der Waals surface area (Å²) in [5.74, 6) is 0.00212. The lowest BCUT2D eigenvalue weighted by Gasteiger charge is -2.18. The third kappa shape index (κ3) is 49.4. The molecule has 0 saturated carbocycles. The van der Waals surface area contributed by atoms with E-state index >= 15 is 0 Å². The highest BCUT2D eigenvalue weighted by atomic mass is 16.6. The zero-order valence-corrected chi connectivity index (χ0v) is 42.3. The summed E-state index contributed by atoms with van der Waals surface area (Å²) in [4.78, 5) is 38.1. The van der Waals surface area contributed by atoms with Crippen molar-refractivity contribution in [2.24, 2.45) is 5.92 Å². The number of ether oxygens (including phenoxy) is 3. The molecule has 0 aromatic heterocycles. The van der Waals surface area contributed by atoms with Crippen LogP contribution >= 0.6 is 0 Å². The second-order valence-electron chi connectivity index (χ2n) is 19.7. The van der Waals surface area contributed by atoms with E-state index in [1.807, 2.05) is 0 Å². The predicted octanol–water partition coefficient (Wildman–Crippen LogP) is 18.2. The Morgan fingerprint density at radius 3 is 0.790 bits per heavy atom. The Kier molecular flexibility index (Phi) is 49.1. The van der Waals surface area contributed by atoms with E-state index in [1.54, 1.807) is 0 Å². The standard InChI is InChI=1S/C56H108O6/c1-5-7-9-11-13-15-17-19-20-24-27-31-35-39-43-47-54(57)60-50-53(62-56(59)49-45-41-37-33-29-22-18-16-14-12-10-8-6-2)51-61-55(58)48-44-40-36-32-28-25-21-23-26-30-34-38-42-46-52(3)4/h52-53H,5-51H2,1-4H3/t53-/m0/s1. The molecule has 0 radical (unpaired) electrons. The van der Waals surface area contributed by atoms with Crippen LogP contribution in [-0.4, -0.2) is 37.2 Å². The number of esters is 3. The van der Waals surface area contributed by atoms with Crippen LogP contribution in [0.25, 0.3) is 0 Å². The minimum atomic E-state index is -0.761. The number of carbonyl (C=O) groups is 3. The monoisotopic (exact) mass is 877 g/mol. The fourth-order valence-electron chi connectivity index (χ4n) is 8.57. The van der Waals surface area contributed by atoms with Crippen molar-refractivity contribution < 1.29 is 28.6 Å². The van der Waals surface area contributed by atoms with Crippen molar-refractivity contribution in [3.05, 3.63) is 0 Å². The Morgan fingerprint density at radius 2 is 0.532 bits per heavy atom. The summed E-state index contributed by atoms with van der Waals surface area (Å²) in [5.41, 5.74) is 0. The minimum absolute atomic E-state index is 0.0620. The van der Waals surface area contributed by atoms with Crippen molar-refractivity contribution in [3.8, 4) is 0 Å². The van der Waals surface area contributed by atoms with Gasteiger partial charge in [0.1, 0.15) is 13.2 Å². The van der Waals surface area contributed by atoms with Gasteiger partial charge in [-0.25, -0.2) is 0 Å². The number of rotatable bonds is 51. The van der Waals surface area contributed by atoms with Gasteiger partial charge in [-0.1, -0.05) is 278 Å². The number of unbranched alkanes of at least 4 members (excludes halogenated alkanes) is 38. The van der Waals surface area contributed by atoms with Gasteiger partial charge < -0.3 is 14.2 Å². The summed E-state index contributed by atoms with van der Waals surface area (Å²) in [7, 11) is 0. The third-order valence-corrected chi connectivity index (χ3v) is 12.8. The third-order valence-electron chi connectivity index (χ3n) is 12.8. The lowest BCUT2D eigenvalue weighted by molar-refractivity contribution is -0.167. The Morgan fingerprint density at radius 1 is 0.306 bits per heavy atom. The van der Waals surface area contributed by atoms with Crippen LogP contribution in [0.1, 0.15) is 317 Å². The molecular weight excluding hydrogens is 769 g/mol. The molecule has 368 valence electrons. The summed E-state index contributed by atoms with van der Waals surface area (Å²) < 4.78 is 16.9. The summed E-state index contributed by atoms with van der Waals surface area (Å²) in [6.45, 7) is 9.05. The maximum Gasteiger partial charge on any atom is 0.306 e. The van der Waals surface area contributed by atoms with Crippen LogP contribution in [0.5, 0.6) is 0 Å². The fourth-order valence-corrected chi connectivity index (χ4v) is 8.57. The van der Waals surface area contributed by atoms with Crippen LogP contribution in [0.15, 0.2) is 0 Å². The van der Waals surface area contributed by atoms with Gasteiger partial charge in [0.15, 0.2) is 6.10 Å². The van der Waals surface area contributed by atoms with Gasteiger partial charge in [0.2, 0.25) is 0 Å². The highest BCUT2D eigenvalue weighted by Gasteiger charge is 2.19. The van der Waals surface area contributed by atoms with E-state index < -0.39 is 6.10 Å². The van der Waals surface area contributed by atoms with Gasteiger partial charge in [-0.15, -0.1) is 0 Å². The quantitative estimate of drug-likeness (QED) is 0.0344. The molecule has 62 heavy (non-hydrogen) atoms. The SMILES string of the molecule is CCCCCCCCCCCCCCCCCC(=O)OC[C@@H](COC(=O)CCCCCCCCCCCCCCCC(C)C)OC(=O)CCCCCCCCCCCCCCC. The van der Waals surface area contributed by atoms with Gasteiger partial charge in [0.25, 0.3) is 0 Å². The van der Waals surface area contributed by atoms with Crippen LogP contribution < -0.4 is 0 Å². The molecule has 0 fully saturated rings. The largest absolute Gasteiger partial charge is 0.462 e. The van der Waals surface area contributed by atoms with Crippen molar-refractivity contribution in [3.63, 3.8) is 0 Å².